The van der Waals surface area contributed by atoms with Crippen LogP contribution in [0, 0.1) is 0 Å². The molecule has 108 valence electrons. The molecule has 0 radical (unpaired) electrons. The average molecular weight is 275 g/mol. The maximum Gasteiger partial charge on any atom is 0.250 e. The summed E-state index contributed by atoms with van der Waals surface area (Å²) in [6.07, 6.45) is 7.02. The first-order valence-corrected chi connectivity index (χ1v) is 7.25. The lowest BCUT2D eigenvalue weighted by molar-refractivity contribution is -0.130. The van der Waals surface area contributed by atoms with Gasteiger partial charge in [0.2, 0.25) is 5.91 Å². The highest BCUT2D eigenvalue weighted by molar-refractivity contribution is 5.94. The summed E-state index contributed by atoms with van der Waals surface area (Å²) in [5.74, 6) is 1.16. The van der Waals surface area contributed by atoms with Crippen LogP contribution in [0.25, 0.3) is 0 Å². The van der Waals surface area contributed by atoms with Crippen LogP contribution in [-0.2, 0) is 22.7 Å². The maximum absolute atomic E-state index is 12.5. The first-order valence-electron chi connectivity index (χ1n) is 7.25. The van der Waals surface area contributed by atoms with Gasteiger partial charge in [-0.2, -0.15) is 0 Å². The van der Waals surface area contributed by atoms with Crippen molar-refractivity contribution in [3.8, 4) is 0 Å². The topological polar surface area (TPSA) is 47.4 Å². The molecule has 2 aliphatic rings. The number of hydrogen-bond donors (Lipinski definition) is 0. The molecule has 0 N–H and O–H groups in total. The fourth-order valence-electron chi connectivity index (χ4n) is 3.15. The van der Waals surface area contributed by atoms with Gasteiger partial charge in [0.1, 0.15) is 5.82 Å². The SMILES string of the molecule is COCc1cnc2n1CCN(C(=O)C1=CCCC1)[C@H]2C. The largest absolute Gasteiger partial charge is 0.378 e. The van der Waals surface area contributed by atoms with Crippen molar-refractivity contribution >= 4 is 5.91 Å². The van der Waals surface area contributed by atoms with Crippen LogP contribution in [0.1, 0.15) is 43.7 Å². The summed E-state index contributed by atoms with van der Waals surface area (Å²) in [6, 6.07) is 0.0309. The highest BCUT2D eigenvalue weighted by Gasteiger charge is 2.31. The summed E-state index contributed by atoms with van der Waals surface area (Å²) >= 11 is 0. The van der Waals surface area contributed by atoms with E-state index in [1.165, 1.54) is 0 Å². The van der Waals surface area contributed by atoms with E-state index in [1.54, 1.807) is 7.11 Å². The van der Waals surface area contributed by atoms with Gasteiger partial charge >= 0.3 is 0 Å². The Morgan fingerprint density at radius 3 is 3.05 bits per heavy atom. The van der Waals surface area contributed by atoms with E-state index in [0.29, 0.717) is 6.61 Å². The normalized spacial score (nSPS) is 21.8. The lowest BCUT2D eigenvalue weighted by Crippen LogP contribution is -2.42. The smallest absolute Gasteiger partial charge is 0.250 e. The van der Waals surface area contributed by atoms with Crippen LogP contribution < -0.4 is 0 Å². The van der Waals surface area contributed by atoms with E-state index in [9.17, 15) is 4.79 Å². The van der Waals surface area contributed by atoms with E-state index < -0.39 is 0 Å². The van der Waals surface area contributed by atoms with Gasteiger partial charge in [0.25, 0.3) is 0 Å². The zero-order valence-corrected chi connectivity index (χ0v) is 12.1. The number of ether oxygens (including phenoxy) is 1. The van der Waals surface area contributed by atoms with Crippen LogP contribution in [0.5, 0.6) is 0 Å². The Morgan fingerprint density at radius 2 is 2.35 bits per heavy atom. The first-order chi connectivity index (χ1) is 9.72. The molecule has 1 amide bonds. The van der Waals surface area contributed by atoms with Crippen molar-refractivity contribution in [3.05, 3.63) is 29.4 Å². The van der Waals surface area contributed by atoms with E-state index in [0.717, 1.165) is 49.4 Å². The van der Waals surface area contributed by atoms with Gasteiger partial charge in [0.15, 0.2) is 0 Å². The van der Waals surface area contributed by atoms with Gasteiger partial charge in [0.05, 0.1) is 24.5 Å². The predicted molar refractivity (Wildman–Crippen MR) is 75.0 cm³/mol. The fourth-order valence-corrected chi connectivity index (χ4v) is 3.15. The minimum atomic E-state index is 0.0309. The predicted octanol–water partition coefficient (Wildman–Crippen LogP) is 2.04. The Bertz CT molecular complexity index is 547. The van der Waals surface area contributed by atoms with Crippen LogP contribution in [-0.4, -0.2) is 34.0 Å². The number of carbonyl (C=O) groups excluding carboxylic acids is 1. The second-order valence-electron chi connectivity index (χ2n) is 5.49. The number of methoxy groups -OCH3 is 1. The lowest BCUT2D eigenvalue weighted by atomic mass is 10.1. The summed E-state index contributed by atoms with van der Waals surface area (Å²) < 4.78 is 7.37. The summed E-state index contributed by atoms with van der Waals surface area (Å²) in [6.45, 7) is 4.18. The van der Waals surface area contributed by atoms with Crippen molar-refractivity contribution < 1.29 is 9.53 Å². The Labute approximate surface area is 119 Å². The number of amides is 1. The van der Waals surface area contributed by atoms with Gasteiger partial charge in [-0.05, 0) is 26.2 Å². The quantitative estimate of drug-likeness (QED) is 0.848. The second kappa shape index (κ2) is 5.40. The van der Waals surface area contributed by atoms with E-state index >= 15 is 0 Å². The van der Waals surface area contributed by atoms with E-state index in [-0.39, 0.29) is 11.9 Å². The minimum absolute atomic E-state index is 0.0309. The average Bonchev–Trinajstić information content (AvgIpc) is 3.09. The summed E-state index contributed by atoms with van der Waals surface area (Å²) in [5, 5.41) is 0. The number of imidazole rings is 1. The Morgan fingerprint density at radius 1 is 1.50 bits per heavy atom. The zero-order chi connectivity index (χ0) is 14.1. The molecular formula is C15H21N3O2. The molecule has 1 aromatic rings. The second-order valence-corrected chi connectivity index (χ2v) is 5.49. The third-order valence-electron chi connectivity index (χ3n) is 4.24. The van der Waals surface area contributed by atoms with Gasteiger partial charge < -0.3 is 14.2 Å². The van der Waals surface area contributed by atoms with E-state index in [2.05, 4.69) is 22.6 Å². The molecule has 0 unspecified atom stereocenters. The standard InChI is InChI=1S/C15H21N3O2/c1-11-14-16-9-13(10-20-2)18(14)8-7-17(11)15(19)12-5-3-4-6-12/h5,9,11H,3-4,6-8,10H2,1-2H3/t11-/m0/s1. The highest BCUT2D eigenvalue weighted by atomic mass is 16.5. The molecule has 1 aromatic heterocycles. The Balaban J connectivity index is 1.82. The number of carbonyl (C=O) groups is 1. The molecule has 5 heteroatoms. The molecule has 0 saturated carbocycles. The van der Waals surface area contributed by atoms with Crippen molar-refractivity contribution in [2.75, 3.05) is 13.7 Å². The molecule has 1 atom stereocenters. The van der Waals surface area contributed by atoms with Crippen molar-refractivity contribution in [1.82, 2.24) is 14.5 Å². The molecule has 20 heavy (non-hydrogen) atoms. The Kier molecular flexibility index (Phi) is 3.61. The van der Waals surface area contributed by atoms with Gasteiger partial charge in [-0.3, -0.25) is 4.79 Å². The molecule has 0 aromatic carbocycles. The molecule has 0 bridgehead atoms. The minimum Gasteiger partial charge on any atom is -0.378 e. The number of nitrogens with zero attached hydrogens (tertiary/aromatic N) is 3. The molecule has 2 heterocycles. The monoisotopic (exact) mass is 275 g/mol. The molecule has 0 spiro atoms. The molecule has 0 fully saturated rings. The maximum atomic E-state index is 12.5. The van der Waals surface area contributed by atoms with Crippen molar-refractivity contribution in [2.45, 2.75) is 45.4 Å². The van der Waals surface area contributed by atoms with Crippen LogP contribution in [0.15, 0.2) is 17.8 Å². The summed E-state index contributed by atoms with van der Waals surface area (Å²) in [4.78, 5) is 19.0. The molecule has 5 nitrogen and oxygen atoms in total. The molecule has 0 saturated heterocycles. The molecular weight excluding hydrogens is 254 g/mol. The van der Waals surface area contributed by atoms with Crippen LogP contribution in [0.3, 0.4) is 0 Å². The summed E-state index contributed by atoms with van der Waals surface area (Å²) in [5.41, 5.74) is 2.07. The lowest BCUT2D eigenvalue weighted by Gasteiger charge is -2.34. The van der Waals surface area contributed by atoms with Gasteiger partial charge in [-0.1, -0.05) is 6.08 Å². The molecule has 1 aliphatic heterocycles. The summed E-state index contributed by atoms with van der Waals surface area (Å²) in [7, 11) is 1.69. The Hall–Kier alpha value is -1.62. The van der Waals surface area contributed by atoms with Gasteiger partial charge in [-0.25, -0.2) is 4.98 Å². The number of aromatic nitrogens is 2. The number of fused-ring (bicyclic) bond motifs is 1. The van der Waals surface area contributed by atoms with Gasteiger partial charge in [-0.15, -0.1) is 0 Å². The van der Waals surface area contributed by atoms with Crippen LogP contribution in [0.2, 0.25) is 0 Å². The highest BCUT2D eigenvalue weighted by Crippen LogP contribution is 2.29. The molecule has 1 aliphatic carbocycles. The van der Waals surface area contributed by atoms with Crippen molar-refractivity contribution in [2.24, 2.45) is 0 Å². The van der Waals surface area contributed by atoms with Crippen molar-refractivity contribution in [1.29, 1.82) is 0 Å². The van der Waals surface area contributed by atoms with E-state index in [4.69, 9.17) is 4.74 Å². The fraction of sp³-hybridized carbons (Fsp3) is 0.600. The zero-order valence-electron chi connectivity index (χ0n) is 12.1. The van der Waals surface area contributed by atoms with Crippen molar-refractivity contribution in [3.63, 3.8) is 0 Å². The number of allylic oxidation sites excluding steroid dienone is 1. The number of hydrogen-bond acceptors (Lipinski definition) is 3. The van der Waals surface area contributed by atoms with E-state index in [1.807, 2.05) is 11.1 Å². The van der Waals surface area contributed by atoms with Crippen LogP contribution >= 0.6 is 0 Å². The third-order valence-corrected chi connectivity index (χ3v) is 4.24. The molecule has 3 rings (SSSR count). The first kappa shape index (κ1) is 13.4. The van der Waals surface area contributed by atoms with Crippen LogP contribution in [0.4, 0.5) is 0 Å². The van der Waals surface area contributed by atoms with Gasteiger partial charge in [0, 0.05) is 25.8 Å². The third kappa shape index (κ3) is 2.16. The number of rotatable bonds is 3.